The molecular formula is C13H16O4. The van der Waals surface area contributed by atoms with E-state index in [2.05, 4.69) is 0 Å². The SMILES string of the molecule is CCC(=O)c1ccc(O)c(C2CCCO2)c1O. The number of phenolic OH excluding ortho intramolecular Hbond substituents is 2. The van der Waals surface area contributed by atoms with Crippen molar-refractivity contribution in [2.75, 3.05) is 6.61 Å². The van der Waals surface area contributed by atoms with Gasteiger partial charge < -0.3 is 14.9 Å². The number of ketones is 1. The number of carbonyl (C=O) groups excluding carboxylic acids is 1. The van der Waals surface area contributed by atoms with E-state index in [1.807, 2.05) is 0 Å². The first-order valence-corrected chi connectivity index (χ1v) is 5.84. The molecule has 0 spiro atoms. The predicted octanol–water partition coefficient (Wildman–Crippen LogP) is 2.54. The minimum absolute atomic E-state index is 0.0120. The van der Waals surface area contributed by atoms with Crippen molar-refractivity contribution in [3.05, 3.63) is 23.3 Å². The van der Waals surface area contributed by atoms with Gasteiger partial charge in [-0.3, -0.25) is 4.79 Å². The van der Waals surface area contributed by atoms with E-state index >= 15 is 0 Å². The number of aromatic hydroxyl groups is 2. The molecule has 4 nitrogen and oxygen atoms in total. The average Bonchev–Trinajstić information content (AvgIpc) is 2.82. The quantitative estimate of drug-likeness (QED) is 0.791. The number of phenols is 2. The highest BCUT2D eigenvalue weighted by atomic mass is 16.5. The molecule has 1 aromatic carbocycles. The van der Waals surface area contributed by atoms with Crippen LogP contribution in [-0.4, -0.2) is 22.6 Å². The van der Waals surface area contributed by atoms with Gasteiger partial charge in [0.05, 0.1) is 17.2 Å². The number of carbonyl (C=O) groups is 1. The molecular weight excluding hydrogens is 220 g/mol. The molecule has 0 radical (unpaired) electrons. The minimum atomic E-state index is -0.306. The van der Waals surface area contributed by atoms with Crippen LogP contribution in [0.1, 0.15) is 48.2 Å². The Morgan fingerprint density at radius 2 is 2.24 bits per heavy atom. The molecule has 1 aliphatic rings. The molecule has 2 N–H and O–H groups in total. The molecule has 1 aromatic rings. The van der Waals surface area contributed by atoms with Crippen molar-refractivity contribution in [1.29, 1.82) is 0 Å². The van der Waals surface area contributed by atoms with Crippen LogP contribution in [0.25, 0.3) is 0 Å². The standard InChI is InChI=1S/C13H16O4/c1-2-9(14)8-5-6-10(15)12(13(8)16)11-4-3-7-17-11/h5-6,11,15-16H,2-4,7H2,1H3. The van der Waals surface area contributed by atoms with Crippen LogP contribution < -0.4 is 0 Å². The van der Waals surface area contributed by atoms with Crippen LogP contribution >= 0.6 is 0 Å². The zero-order valence-electron chi connectivity index (χ0n) is 9.77. The summed E-state index contributed by atoms with van der Waals surface area (Å²) in [5.74, 6) is -0.285. The smallest absolute Gasteiger partial charge is 0.166 e. The van der Waals surface area contributed by atoms with Crippen molar-refractivity contribution < 1.29 is 19.7 Å². The van der Waals surface area contributed by atoms with E-state index in [0.717, 1.165) is 12.8 Å². The molecule has 0 amide bonds. The molecule has 17 heavy (non-hydrogen) atoms. The van der Waals surface area contributed by atoms with Crippen molar-refractivity contribution in [1.82, 2.24) is 0 Å². The van der Waals surface area contributed by atoms with Gasteiger partial charge in [-0.1, -0.05) is 6.92 Å². The summed E-state index contributed by atoms with van der Waals surface area (Å²) in [7, 11) is 0. The van der Waals surface area contributed by atoms with Gasteiger partial charge in [-0.2, -0.15) is 0 Å². The van der Waals surface area contributed by atoms with Gasteiger partial charge in [0.25, 0.3) is 0 Å². The lowest BCUT2D eigenvalue weighted by Gasteiger charge is -2.15. The van der Waals surface area contributed by atoms with Crippen molar-refractivity contribution in [3.8, 4) is 11.5 Å². The van der Waals surface area contributed by atoms with Gasteiger partial charge in [0, 0.05) is 13.0 Å². The molecule has 1 atom stereocenters. The summed E-state index contributed by atoms with van der Waals surface area (Å²) in [4.78, 5) is 11.6. The van der Waals surface area contributed by atoms with Crippen LogP contribution in [0.5, 0.6) is 11.5 Å². The third kappa shape index (κ3) is 2.13. The van der Waals surface area contributed by atoms with Crippen LogP contribution in [0, 0.1) is 0 Å². The van der Waals surface area contributed by atoms with Crippen molar-refractivity contribution >= 4 is 5.78 Å². The highest BCUT2D eigenvalue weighted by Crippen LogP contribution is 2.41. The number of hydrogen-bond acceptors (Lipinski definition) is 4. The summed E-state index contributed by atoms with van der Waals surface area (Å²) in [5, 5.41) is 19.9. The zero-order chi connectivity index (χ0) is 12.4. The van der Waals surface area contributed by atoms with Gasteiger partial charge in [-0.05, 0) is 25.0 Å². The molecule has 92 valence electrons. The van der Waals surface area contributed by atoms with Gasteiger partial charge in [0.1, 0.15) is 11.5 Å². The van der Waals surface area contributed by atoms with E-state index in [9.17, 15) is 15.0 Å². The van der Waals surface area contributed by atoms with Crippen LogP contribution in [-0.2, 0) is 4.74 Å². The van der Waals surface area contributed by atoms with Crippen molar-refractivity contribution in [2.45, 2.75) is 32.3 Å². The fourth-order valence-corrected chi connectivity index (χ4v) is 2.14. The maximum Gasteiger partial charge on any atom is 0.166 e. The lowest BCUT2D eigenvalue weighted by atomic mass is 9.98. The van der Waals surface area contributed by atoms with E-state index in [4.69, 9.17) is 4.74 Å². The number of Topliss-reactive ketones (excluding diaryl/α,β-unsaturated/α-hetero) is 1. The summed E-state index contributed by atoms with van der Waals surface area (Å²) in [6.07, 6.45) is 1.67. The normalized spacial score (nSPS) is 19.5. The minimum Gasteiger partial charge on any atom is -0.507 e. The van der Waals surface area contributed by atoms with Gasteiger partial charge in [-0.15, -0.1) is 0 Å². The Morgan fingerprint density at radius 1 is 1.47 bits per heavy atom. The van der Waals surface area contributed by atoms with E-state index in [0.29, 0.717) is 18.6 Å². The first-order valence-electron chi connectivity index (χ1n) is 5.84. The summed E-state index contributed by atoms with van der Waals surface area (Å²) in [5.41, 5.74) is 0.609. The Labute approximate surface area is 99.8 Å². The molecule has 0 bridgehead atoms. The maximum absolute atomic E-state index is 11.6. The molecule has 0 saturated carbocycles. The number of ether oxygens (including phenoxy) is 1. The predicted molar refractivity (Wildman–Crippen MR) is 62.3 cm³/mol. The third-order valence-electron chi connectivity index (χ3n) is 3.07. The molecule has 1 fully saturated rings. The zero-order valence-corrected chi connectivity index (χ0v) is 9.77. The molecule has 1 heterocycles. The Morgan fingerprint density at radius 3 is 2.82 bits per heavy atom. The summed E-state index contributed by atoms with van der Waals surface area (Å²) < 4.78 is 5.44. The van der Waals surface area contributed by atoms with E-state index in [1.165, 1.54) is 12.1 Å². The molecule has 0 aliphatic carbocycles. The number of hydrogen-bond donors (Lipinski definition) is 2. The van der Waals surface area contributed by atoms with Crippen molar-refractivity contribution in [3.63, 3.8) is 0 Å². The highest BCUT2D eigenvalue weighted by molar-refractivity contribution is 5.99. The first kappa shape index (κ1) is 11.9. The summed E-state index contributed by atoms with van der Waals surface area (Å²) in [6.45, 7) is 2.36. The summed E-state index contributed by atoms with van der Waals surface area (Å²) in [6, 6.07) is 2.90. The molecule has 4 heteroatoms. The molecule has 1 aliphatic heterocycles. The van der Waals surface area contributed by atoms with Crippen LogP contribution in [0.4, 0.5) is 0 Å². The topological polar surface area (TPSA) is 66.8 Å². The van der Waals surface area contributed by atoms with Crippen LogP contribution in [0.3, 0.4) is 0 Å². The van der Waals surface area contributed by atoms with Crippen LogP contribution in [0.2, 0.25) is 0 Å². The average molecular weight is 236 g/mol. The van der Waals surface area contributed by atoms with Gasteiger partial charge in [-0.25, -0.2) is 0 Å². The Hall–Kier alpha value is -1.55. The third-order valence-corrected chi connectivity index (χ3v) is 3.07. The highest BCUT2D eigenvalue weighted by Gasteiger charge is 2.26. The summed E-state index contributed by atoms with van der Waals surface area (Å²) >= 11 is 0. The van der Waals surface area contributed by atoms with E-state index < -0.39 is 0 Å². The second-order valence-corrected chi connectivity index (χ2v) is 4.17. The molecule has 1 unspecified atom stereocenters. The molecule has 2 rings (SSSR count). The Kier molecular flexibility index (Phi) is 3.33. The van der Waals surface area contributed by atoms with Gasteiger partial charge in [0.15, 0.2) is 5.78 Å². The Bertz CT molecular complexity index is 433. The fraction of sp³-hybridized carbons (Fsp3) is 0.462. The van der Waals surface area contributed by atoms with E-state index in [-0.39, 0.29) is 28.9 Å². The molecule has 0 aromatic heterocycles. The second kappa shape index (κ2) is 4.75. The van der Waals surface area contributed by atoms with Crippen molar-refractivity contribution in [2.24, 2.45) is 0 Å². The first-order chi connectivity index (χ1) is 8.15. The Balaban J connectivity index is 2.46. The monoisotopic (exact) mass is 236 g/mol. The van der Waals surface area contributed by atoms with Gasteiger partial charge in [0.2, 0.25) is 0 Å². The number of rotatable bonds is 3. The lowest BCUT2D eigenvalue weighted by Crippen LogP contribution is -2.03. The van der Waals surface area contributed by atoms with Crippen LogP contribution in [0.15, 0.2) is 12.1 Å². The lowest BCUT2D eigenvalue weighted by molar-refractivity contribution is 0.0979. The molecule has 1 saturated heterocycles. The maximum atomic E-state index is 11.6. The fourth-order valence-electron chi connectivity index (χ4n) is 2.14. The van der Waals surface area contributed by atoms with Gasteiger partial charge >= 0.3 is 0 Å². The van der Waals surface area contributed by atoms with E-state index in [1.54, 1.807) is 6.92 Å². The largest absolute Gasteiger partial charge is 0.507 e. The second-order valence-electron chi connectivity index (χ2n) is 4.17. The number of benzene rings is 1.